The summed E-state index contributed by atoms with van der Waals surface area (Å²) >= 11 is 0. The van der Waals surface area contributed by atoms with Gasteiger partial charge in [0.25, 0.3) is 5.91 Å². The molecule has 3 N–H and O–H groups in total. The summed E-state index contributed by atoms with van der Waals surface area (Å²) in [5, 5.41) is 14.4. The molecule has 142 valence electrons. The van der Waals surface area contributed by atoms with Crippen molar-refractivity contribution in [3.05, 3.63) is 59.7 Å². The van der Waals surface area contributed by atoms with Gasteiger partial charge in [-0.1, -0.05) is 26.0 Å². The van der Waals surface area contributed by atoms with Crippen molar-refractivity contribution in [3.8, 4) is 0 Å². The fourth-order valence-corrected chi connectivity index (χ4v) is 2.69. The van der Waals surface area contributed by atoms with Crippen molar-refractivity contribution >= 4 is 29.2 Å². The second-order valence-corrected chi connectivity index (χ2v) is 6.30. The lowest BCUT2D eigenvalue weighted by Crippen LogP contribution is -2.21. The first-order valence-electron chi connectivity index (χ1n) is 8.96. The summed E-state index contributed by atoms with van der Waals surface area (Å²) < 4.78 is 0. The van der Waals surface area contributed by atoms with Crippen LogP contribution in [0.3, 0.4) is 0 Å². The van der Waals surface area contributed by atoms with Crippen molar-refractivity contribution < 1.29 is 19.5 Å². The molecule has 2 rings (SSSR count). The summed E-state index contributed by atoms with van der Waals surface area (Å²) in [5.41, 5.74) is 2.37. The highest BCUT2D eigenvalue weighted by Gasteiger charge is 2.14. The standard InChI is InChI=1S/C21H24N2O4/c1-3-15(4-2)20(26)22-18-11-7-16(8-12-18)21(27)23-17-9-5-14(6-10-17)13-19(24)25/h5-12,15H,3-4,13H2,1-2H3,(H,22,26)(H,23,27)(H,24,25). The number of hydrogen-bond acceptors (Lipinski definition) is 3. The Bertz CT molecular complexity index is 794. The summed E-state index contributed by atoms with van der Waals surface area (Å²) in [7, 11) is 0. The molecule has 6 heteroatoms. The molecule has 0 saturated carbocycles. The van der Waals surface area contributed by atoms with Crippen LogP contribution in [0.5, 0.6) is 0 Å². The molecule has 2 amide bonds. The molecule has 0 aliphatic heterocycles. The Morgan fingerprint density at radius 3 is 1.89 bits per heavy atom. The molecule has 0 aliphatic carbocycles. The van der Waals surface area contributed by atoms with Crippen molar-refractivity contribution in [1.82, 2.24) is 0 Å². The van der Waals surface area contributed by atoms with Crippen molar-refractivity contribution in [1.29, 1.82) is 0 Å². The van der Waals surface area contributed by atoms with Gasteiger partial charge in [-0.25, -0.2) is 0 Å². The Morgan fingerprint density at radius 2 is 1.37 bits per heavy atom. The van der Waals surface area contributed by atoms with Gasteiger partial charge in [0.15, 0.2) is 0 Å². The van der Waals surface area contributed by atoms with E-state index in [2.05, 4.69) is 10.6 Å². The van der Waals surface area contributed by atoms with Crippen LogP contribution in [-0.2, 0) is 16.0 Å². The number of carbonyl (C=O) groups excluding carboxylic acids is 2. The zero-order chi connectivity index (χ0) is 19.8. The fraction of sp³-hybridized carbons (Fsp3) is 0.286. The van der Waals surface area contributed by atoms with Gasteiger partial charge in [-0.3, -0.25) is 14.4 Å². The summed E-state index contributed by atoms with van der Waals surface area (Å²) in [6, 6.07) is 13.4. The summed E-state index contributed by atoms with van der Waals surface area (Å²) in [5.74, 6) is -1.21. The molecule has 6 nitrogen and oxygen atoms in total. The molecule has 0 atom stereocenters. The Labute approximate surface area is 158 Å². The number of benzene rings is 2. The number of carboxylic acids is 1. The van der Waals surface area contributed by atoms with E-state index in [4.69, 9.17) is 5.11 Å². The molecule has 0 unspecified atom stereocenters. The topological polar surface area (TPSA) is 95.5 Å². The van der Waals surface area contributed by atoms with E-state index in [0.29, 0.717) is 22.5 Å². The van der Waals surface area contributed by atoms with Crippen LogP contribution in [0.2, 0.25) is 0 Å². The number of anilines is 2. The summed E-state index contributed by atoms with van der Waals surface area (Å²) in [6.45, 7) is 3.96. The van der Waals surface area contributed by atoms with E-state index in [1.165, 1.54) is 0 Å². The summed E-state index contributed by atoms with van der Waals surface area (Å²) in [6.07, 6.45) is 1.51. The average Bonchev–Trinajstić information content (AvgIpc) is 2.64. The Hall–Kier alpha value is -3.15. The quantitative estimate of drug-likeness (QED) is 0.657. The number of hydrogen-bond donors (Lipinski definition) is 3. The van der Waals surface area contributed by atoms with E-state index in [1.807, 2.05) is 13.8 Å². The van der Waals surface area contributed by atoms with Crippen molar-refractivity contribution in [2.45, 2.75) is 33.1 Å². The summed E-state index contributed by atoms with van der Waals surface area (Å²) in [4.78, 5) is 35.1. The minimum absolute atomic E-state index is 0.0151. The van der Waals surface area contributed by atoms with Crippen LogP contribution < -0.4 is 10.6 Å². The van der Waals surface area contributed by atoms with Crippen LogP contribution in [0.4, 0.5) is 11.4 Å². The van der Waals surface area contributed by atoms with Gasteiger partial charge in [-0.15, -0.1) is 0 Å². The largest absolute Gasteiger partial charge is 0.481 e. The normalized spacial score (nSPS) is 10.5. The number of carboxylic acid groups (broad SMARTS) is 1. The molecular formula is C21H24N2O4. The first-order chi connectivity index (χ1) is 12.9. The minimum Gasteiger partial charge on any atom is -0.481 e. The molecule has 27 heavy (non-hydrogen) atoms. The zero-order valence-corrected chi connectivity index (χ0v) is 15.5. The number of nitrogens with one attached hydrogen (secondary N) is 2. The molecule has 0 aromatic heterocycles. The van der Waals surface area contributed by atoms with Crippen LogP contribution in [0.25, 0.3) is 0 Å². The molecule has 0 aliphatic rings. The van der Waals surface area contributed by atoms with Gasteiger partial charge < -0.3 is 15.7 Å². The maximum atomic E-state index is 12.3. The first-order valence-corrected chi connectivity index (χ1v) is 8.96. The lowest BCUT2D eigenvalue weighted by Gasteiger charge is -2.13. The van der Waals surface area contributed by atoms with Crippen LogP contribution in [0.1, 0.15) is 42.6 Å². The van der Waals surface area contributed by atoms with Gasteiger partial charge in [0.1, 0.15) is 0 Å². The molecular weight excluding hydrogens is 344 g/mol. The molecule has 0 bridgehead atoms. The van der Waals surface area contributed by atoms with Gasteiger partial charge in [-0.2, -0.15) is 0 Å². The highest BCUT2D eigenvalue weighted by atomic mass is 16.4. The predicted molar refractivity (Wildman–Crippen MR) is 105 cm³/mol. The van der Waals surface area contributed by atoms with Gasteiger partial charge in [0.05, 0.1) is 6.42 Å². The van der Waals surface area contributed by atoms with E-state index < -0.39 is 5.97 Å². The third kappa shape index (κ3) is 5.95. The fourth-order valence-electron chi connectivity index (χ4n) is 2.69. The highest BCUT2D eigenvalue weighted by molar-refractivity contribution is 6.04. The predicted octanol–water partition coefficient (Wildman–Crippen LogP) is 3.94. The third-order valence-electron chi connectivity index (χ3n) is 4.34. The van der Waals surface area contributed by atoms with E-state index in [9.17, 15) is 14.4 Å². The lowest BCUT2D eigenvalue weighted by molar-refractivity contribution is -0.136. The van der Waals surface area contributed by atoms with Gasteiger partial charge in [-0.05, 0) is 54.8 Å². The van der Waals surface area contributed by atoms with Gasteiger partial charge in [0.2, 0.25) is 5.91 Å². The molecule has 0 heterocycles. The third-order valence-corrected chi connectivity index (χ3v) is 4.34. The van der Waals surface area contributed by atoms with E-state index in [-0.39, 0.29) is 24.2 Å². The first kappa shape index (κ1) is 20.2. The number of aliphatic carboxylic acids is 1. The van der Waals surface area contributed by atoms with Gasteiger partial charge in [0, 0.05) is 22.9 Å². The van der Waals surface area contributed by atoms with E-state index in [1.54, 1.807) is 48.5 Å². The van der Waals surface area contributed by atoms with Crippen molar-refractivity contribution in [2.24, 2.45) is 5.92 Å². The molecule has 2 aromatic rings. The van der Waals surface area contributed by atoms with Crippen molar-refractivity contribution in [3.63, 3.8) is 0 Å². The second-order valence-electron chi connectivity index (χ2n) is 6.30. The van der Waals surface area contributed by atoms with Crippen LogP contribution in [0.15, 0.2) is 48.5 Å². The van der Waals surface area contributed by atoms with Crippen molar-refractivity contribution in [2.75, 3.05) is 10.6 Å². The number of amides is 2. The number of carbonyl (C=O) groups is 3. The Balaban J connectivity index is 1.97. The smallest absolute Gasteiger partial charge is 0.307 e. The Kier molecular flexibility index (Phi) is 7.11. The molecule has 0 radical (unpaired) electrons. The number of rotatable bonds is 8. The van der Waals surface area contributed by atoms with Crippen LogP contribution in [0, 0.1) is 5.92 Å². The molecule has 0 fully saturated rings. The maximum absolute atomic E-state index is 12.3. The molecule has 0 saturated heterocycles. The molecule has 0 spiro atoms. The molecule has 2 aromatic carbocycles. The second kappa shape index (κ2) is 9.52. The maximum Gasteiger partial charge on any atom is 0.307 e. The zero-order valence-electron chi connectivity index (χ0n) is 15.5. The van der Waals surface area contributed by atoms with E-state index >= 15 is 0 Å². The average molecular weight is 368 g/mol. The van der Waals surface area contributed by atoms with E-state index in [0.717, 1.165) is 12.8 Å². The van der Waals surface area contributed by atoms with Crippen LogP contribution >= 0.6 is 0 Å². The lowest BCUT2D eigenvalue weighted by atomic mass is 10.0. The monoisotopic (exact) mass is 368 g/mol. The van der Waals surface area contributed by atoms with Crippen LogP contribution in [-0.4, -0.2) is 22.9 Å². The highest BCUT2D eigenvalue weighted by Crippen LogP contribution is 2.16. The SMILES string of the molecule is CCC(CC)C(=O)Nc1ccc(C(=O)Nc2ccc(CC(=O)O)cc2)cc1. The minimum atomic E-state index is -0.900. The van der Waals surface area contributed by atoms with Gasteiger partial charge >= 0.3 is 5.97 Å². The Morgan fingerprint density at radius 1 is 0.852 bits per heavy atom.